The Morgan fingerprint density at radius 2 is 2.17 bits per heavy atom. The lowest BCUT2D eigenvalue weighted by Crippen LogP contribution is -2.00. The van der Waals surface area contributed by atoms with Gasteiger partial charge in [-0.2, -0.15) is 0 Å². The molecule has 5 heteroatoms. The number of benzene rings is 1. The molecular weight excluding hydrogens is 254 g/mol. The van der Waals surface area contributed by atoms with E-state index in [9.17, 15) is 4.79 Å². The van der Waals surface area contributed by atoms with Crippen LogP contribution in [0.25, 0.3) is 0 Å². The van der Waals surface area contributed by atoms with Crippen molar-refractivity contribution in [2.24, 2.45) is 0 Å². The van der Waals surface area contributed by atoms with E-state index < -0.39 is 5.97 Å². The maximum atomic E-state index is 10.8. The van der Waals surface area contributed by atoms with Crippen LogP contribution in [-0.4, -0.2) is 16.1 Å². The Kier molecular flexibility index (Phi) is 3.79. The zero-order valence-electron chi connectivity index (χ0n) is 9.34. The first kappa shape index (κ1) is 12.4. The Bertz CT molecular complexity index is 572. The van der Waals surface area contributed by atoms with Gasteiger partial charge in [0.1, 0.15) is 12.4 Å². The average molecular weight is 264 g/mol. The molecule has 1 aromatic carbocycles. The van der Waals surface area contributed by atoms with Crippen LogP contribution < -0.4 is 4.74 Å². The fraction of sp³-hybridized carbons (Fsp3) is 0.0769. The number of hydrogen-bond donors (Lipinski definition) is 1. The predicted octanol–water partition coefficient (Wildman–Crippen LogP) is 3.01. The molecule has 0 bridgehead atoms. The zero-order valence-corrected chi connectivity index (χ0v) is 10.1. The number of carbonyl (C=O) groups is 1. The van der Waals surface area contributed by atoms with Gasteiger partial charge in [-0.25, -0.2) is 4.79 Å². The highest BCUT2D eigenvalue weighted by molar-refractivity contribution is 6.30. The Morgan fingerprint density at radius 1 is 1.33 bits per heavy atom. The molecule has 0 atom stereocenters. The summed E-state index contributed by atoms with van der Waals surface area (Å²) in [5.41, 5.74) is 1.01. The van der Waals surface area contributed by atoms with E-state index >= 15 is 0 Å². The number of halogens is 1. The number of ether oxygens (including phenoxy) is 1. The van der Waals surface area contributed by atoms with Crippen molar-refractivity contribution in [2.45, 2.75) is 6.61 Å². The maximum absolute atomic E-state index is 10.8. The number of nitrogens with zero attached hydrogens (tertiary/aromatic N) is 1. The van der Waals surface area contributed by atoms with Crippen LogP contribution in [0.2, 0.25) is 5.02 Å². The lowest BCUT2D eigenvalue weighted by molar-refractivity contribution is 0.0696. The summed E-state index contributed by atoms with van der Waals surface area (Å²) in [4.78, 5) is 14.7. The van der Waals surface area contributed by atoms with Crippen molar-refractivity contribution in [3.8, 4) is 5.75 Å². The van der Waals surface area contributed by atoms with Crippen LogP contribution in [0.1, 0.15) is 15.9 Å². The molecule has 0 amide bonds. The van der Waals surface area contributed by atoms with Crippen LogP contribution >= 0.6 is 11.6 Å². The van der Waals surface area contributed by atoms with E-state index in [1.54, 1.807) is 30.5 Å². The van der Waals surface area contributed by atoms with Crippen LogP contribution in [0, 0.1) is 0 Å². The topological polar surface area (TPSA) is 59.4 Å². The van der Waals surface area contributed by atoms with Crippen molar-refractivity contribution < 1.29 is 14.6 Å². The first-order valence-electron chi connectivity index (χ1n) is 5.21. The molecule has 1 N–H and O–H groups in total. The molecule has 0 saturated carbocycles. The second-order valence-corrected chi connectivity index (χ2v) is 4.07. The molecule has 0 spiro atoms. The SMILES string of the molecule is O=C(O)c1cccc(COc2cncc(Cl)c2)c1. The number of rotatable bonds is 4. The summed E-state index contributed by atoms with van der Waals surface area (Å²) in [5.74, 6) is -0.412. The third kappa shape index (κ3) is 3.21. The molecule has 0 saturated heterocycles. The smallest absolute Gasteiger partial charge is 0.335 e. The summed E-state index contributed by atoms with van der Waals surface area (Å²) in [6.45, 7) is 0.267. The van der Waals surface area contributed by atoms with Crippen LogP contribution in [0.3, 0.4) is 0 Å². The summed E-state index contributed by atoms with van der Waals surface area (Å²) in [5, 5.41) is 9.36. The summed E-state index contributed by atoms with van der Waals surface area (Å²) in [7, 11) is 0. The van der Waals surface area contributed by atoms with E-state index in [1.807, 2.05) is 0 Å². The molecule has 4 nitrogen and oxygen atoms in total. The molecular formula is C13H10ClNO3. The minimum Gasteiger partial charge on any atom is -0.487 e. The van der Waals surface area contributed by atoms with Gasteiger partial charge < -0.3 is 9.84 Å². The monoisotopic (exact) mass is 263 g/mol. The van der Waals surface area contributed by atoms with E-state index in [2.05, 4.69) is 4.98 Å². The van der Waals surface area contributed by atoms with Crippen molar-refractivity contribution in [1.82, 2.24) is 4.98 Å². The summed E-state index contributed by atoms with van der Waals surface area (Å²) in [6.07, 6.45) is 3.06. The molecule has 1 aromatic heterocycles. The molecule has 1 heterocycles. The third-order valence-corrected chi connectivity index (χ3v) is 2.47. The number of carboxylic acids is 1. The third-order valence-electron chi connectivity index (χ3n) is 2.26. The largest absolute Gasteiger partial charge is 0.487 e. The fourth-order valence-corrected chi connectivity index (χ4v) is 1.60. The maximum Gasteiger partial charge on any atom is 0.335 e. The molecule has 0 radical (unpaired) electrons. The number of aromatic carboxylic acids is 1. The standard InChI is InChI=1S/C13H10ClNO3/c14-11-5-12(7-15-6-11)18-8-9-2-1-3-10(4-9)13(16)17/h1-7H,8H2,(H,16,17). The fourth-order valence-electron chi connectivity index (χ4n) is 1.43. The zero-order chi connectivity index (χ0) is 13.0. The van der Waals surface area contributed by atoms with E-state index in [1.165, 1.54) is 12.3 Å². The molecule has 2 rings (SSSR count). The molecule has 18 heavy (non-hydrogen) atoms. The molecule has 0 aliphatic carbocycles. The lowest BCUT2D eigenvalue weighted by atomic mass is 10.1. The van der Waals surface area contributed by atoms with Gasteiger partial charge in [-0.1, -0.05) is 23.7 Å². The normalized spacial score (nSPS) is 10.1. The number of pyridine rings is 1. The molecule has 0 aliphatic heterocycles. The van der Waals surface area contributed by atoms with Gasteiger partial charge in [0.05, 0.1) is 16.8 Å². The lowest BCUT2D eigenvalue weighted by Gasteiger charge is -2.06. The first-order chi connectivity index (χ1) is 8.65. The van der Waals surface area contributed by atoms with Crippen molar-refractivity contribution >= 4 is 17.6 Å². The van der Waals surface area contributed by atoms with Gasteiger partial charge in [0.2, 0.25) is 0 Å². The average Bonchev–Trinajstić information content (AvgIpc) is 2.37. The Balaban J connectivity index is 2.06. The molecule has 2 aromatic rings. The Labute approximate surface area is 109 Å². The number of carboxylic acid groups (broad SMARTS) is 1. The van der Waals surface area contributed by atoms with E-state index in [-0.39, 0.29) is 12.2 Å². The van der Waals surface area contributed by atoms with E-state index in [0.717, 1.165) is 5.56 Å². The van der Waals surface area contributed by atoms with Gasteiger partial charge in [0.25, 0.3) is 0 Å². The minimum atomic E-state index is -0.957. The number of hydrogen-bond acceptors (Lipinski definition) is 3. The first-order valence-corrected chi connectivity index (χ1v) is 5.58. The molecule has 0 fully saturated rings. The second-order valence-electron chi connectivity index (χ2n) is 3.63. The number of aromatic nitrogens is 1. The van der Waals surface area contributed by atoms with Crippen LogP contribution in [-0.2, 0) is 6.61 Å². The predicted molar refractivity (Wildman–Crippen MR) is 67.0 cm³/mol. The van der Waals surface area contributed by atoms with E-state index in [0.29, 0.717) is 10.8 Å². The summed E-state index contributed by atoms with van der Waals surface area (Å²) >= 11 is 5.77. The van der Waals surface area contributed by atoms with Gasteiger partial charge in [0, 0.05) is 12.3 Å². The molecule has 0 aliphatic rings. The van der Waals surface area contributed by atoms with Gasteiger partial charge >= 0.3 is 5.97 Å². The quantitative estimate of drug-likeness (QED) is 0.921. The Hall–Kier alpha value is -2.07. The van der Waals surface area contributed by atoms with Crippen molar-refractivity contribution in [2.75, 3.05) is 0 Å². The summed E-state index contributed by atoms with van der Waals surface area (Å²) < 4.78 is 5.47. The second kappa shape index (κ2) is 5.51. The summed E-state index contributed by atoms with van der Waals surface area (Å²) in [6, 6.07) is 8.23. The van der Waals surface area contributed by atoms with Gasteiger partial charge in [-0.15, -0.1) is 0 Å². The highest BCUT2D eigenvalue weighted by atomic mass is 35.5. The van der Waals surface area contributed by atoms with Crippen LogP contribution in [0.4, 0.5) is 0 Å². The highest BCUT2D eigenvalue weighted by Gasteiger charge is 2.04. The Morgan fingerprint density at radius 3 is 2.89 bits per heavy atom. The van der Waals surface area contributed by atoms with Gasteiger partial charge in [-0.05, 0) is 17.7 Å². The van der Waals surface area contributed by atoms with Crippen molar-refractivity contribution in [1.29, 1.82) is 0 Å². The minimum absolute atomic E-state index is 0.236. The van der Waals surface area contributed by atoms with Crippen molar-refractivity contribution in [3.63, 3.8) is 0 Å². The highest BCUT2D eigenvalue weighted by Crippen LogP contribution is 2.17. The van der Waals surface area contributed by atoms with Gasteiger partial charge in [-0.3, -0.25) is 4.98 Å². The van der Waals surface area contributed by atoms with Crippen LogP contribution in [0.15, 0.2) is 42.7 Å². The molecule has 92 valence electrons. The van der Waals surface area contributed by atoms with E-state index in [4.69, 9.17) is 21.4 Å². The van der Waals surface area contributed by atoms with Crippen molar-refractivity contribution in [3.05, 3.63) is 58.9 Å². The molecule has 0 unspecified atom stereocenters. The van der Waals surface area contributed by atoms with Crippen LogP contribution in [0.5, 0.6) is 5.75 Å². The van der Waals surface area contributed by atoms with Gasteiger partial charge in [0.15, 0.2) is 0 Å².